The molecule has 0 saturated heterocycles. The van der Waals surface area contributed by atoms with Crippen LogP contribution in [0.5, 0.6) is 0 Å². The molecule has 0 atom stereocenters. The van der Waals surface area contributed by atoms with Crippen molar-refractivity contribution >= 4 is 56.5 Å². The molecule has 3 rings (SSSR count). The van der Waals surface area contributed by atoms with E-state index in [2.05, 4.69) is 4.98 Å². The lowest BCUT2D eigenvalue weighted by molar-refractivity contribution is 0.728. The molecule has 1 aromatic carbocycles. The van der Waals surface area contributed by atoms with Gasteiger partial charge >= 0.3 is 0 Å². The highest BCUT2D eigenvalue weighted by molar-refractivity contribution is 7.98. The van der Waals surface area contributed by atoms with Crippen molar-refractivity contribution in [2.75, 3.05) is 0 Å². The second kappa shape index (κ2) is 6.24. The van der Waals surface area contributed by atoms with Crippen LogP contribution in [0, 0.1) is 6.92 Å². The van der Waals surface area contributed by atoms with Crippen LogP contribution in [0.3, 0.4) is 0 Å². The Morgan fingerprint density at radius 3 is 2.82 bits per heavy atom. The van der Waals surface area contributed by atoms with Crippen molar-refractivity contribution in [3.05, 3.63) is 55.1 Å². The fourth-order valence-electron chi connectivity index (χ4n) is 2.08. The Labute approximate surface area is 145 Å². The van der Waals surface area contributed by atoms with Gasteiger partial charge < -0.3 is 0 Å². The van der Waals surface area contributed by atoms with E-state index in [1.807, 2.05) is 25.1 Å². The quantitative estimate of drug-likeness (QED) is 0.485. The summed E-state index contributed by atoms with van der Waals surface area (Å²) in [5.41, 5.74) is 0.951. The number of benzene rings is 1. The zero-order chi connectivity index (χ0) is 15.9. The van der Waals surface area contributed by atoms with Crippen LogP contribution in [0.15, 0.2) is 34.2 Å². The lowest BCUT2D eigenvalue weighted by atomic mass is 10.2. The molecule has 0 aliphatic rings. The molecule has 2 aromatic heterocycles. The van der Waals surface area contributed by atoms with E-state index in [1.165, 1.54) is 23.1 Å². The lowest BCUT2D eigenvalue weighted by Gasteiger charge is -2.08. The molecule has 7 heteroatoms. The third-order valence-electron chi connectivity index (χ3n) is 3.23. The Morgan fingerprint density at radius 2 is 2.09 bits per heavy atom. The molecule has 0 bridgehead atoms. The molecule has 0 saturated carbocycles. The van der Waals surface area contributed by atoms with E-state index >= 15 is 0 Å². The summed E-state index contributed by atoms with van der Waals surface area (Å²) in [4.78, 5) is 18.8. The standard InChI is InChI=1S/C15H12Cl2N2OS2/c1-8-5-11-13(22-8)18-15(19(2)14(11)20)21-7-9-3-4-10(16)6-12(9)17/h3-6H,7H2,1-2H3. The average molecular weight is 371 g/mol. The summed E-state index contributed by atoms with van der Waals surface area (Å²) in [6, 6.07) is 7.31. The number of halogens is 2. The van der Waals surface area contributed by atoms with Crippen LogP contribution < -0.4 is 5.56 Å². The molecule has 0 N–H and O–H groups in total. The van der Waals surface area contributed by atoms with Crippen molar-refractivity contribution < 1.29 is 0 Å². The van der Waals surface area contributed by atoms with E-state index < -0.39 is 0 Å². The highest BCUT2D eigenvalue weighted by Gasteiger charge is 2.12. The smallest absolute Gasteiger partial charge is 0.262 e. The van der Waals surface area contributed by atoms with Crippen LogP contribution in [0.1, 0.15) is 10.4 Å². The number of thiophene rings is 1. The number of fused-ring (bicyclic) bond motifs is 1. The van der Waals surface area contributed by atoms with Crippen molar-refractivity contribution in [3.63, 3.8) is 0 Å². The van der Waals surface area contributed by atoms with Gasteiger partial charge in [-0.3, -0.25) is 9.36 Å². The van der Waals surface area contributed by atoms with Gasteiger partial charge in [0.1, 0.15) is 4.83 Å². The first-order valence-corrected chi connectivity index (χ1v) is 9.05. The molecule has 0 amide bonds. The first-order chi connectivity index (χ1) is 10.5. The van der Waals surface area contributed by atoms with Gasteiger partial charge in [0.05, 0.1) is 5.39 Å². The van der Waals surface area contributed by atoms with E-state index in [9.17, 15) is 4.79 Å². The molecule has 22 heavy (non-hydrogen) atoms. The number of nitrogens with zero attached hydrogens (tertiary/aromatic N) is 2. The Morgan fingerprint density at radius 1 is 1.32 bits per heavy atom. The van der Waals surface area contributed by atoms with Gasteiger partial charge in [-0.2, -0.15) is 0 Å². The largest absolute Gasteiger partial charge is 0.290 e. The number of hydrogen-bond donors (Lipinski definition) is 0. The number of hydrogen-bond acceptors (Lipinski definition) is 4. The lowest BCUT2D eigenvalue weighted by Crippen LogP contribution is -2.19. The van der Waals surface area contributed by atoms with Gasteiger partial charge in [0.15, 0.2) is 5.16 Å². The molecule has 3 aromatic rings. The SMILES string of the molecule is Cc1cc2c(=O)n(C)c(SCc3ccc(Cl)cc3Cl)nc2s1. The highest BCUT2D eigenvalue weighted by atomic mass is 35.5. The van der Waals surface area contributed by atoms with Gasteiger partial charge in [-0.15, -0.1) is 11.3 Å². The fourth-order valence-corrected chi connectivity index (χ4v) is 4.53. The van der Waals surface area contributed by atoms with Gasteiger partial charge in [0, 0.05) is 27.7 Å². The molecule has 0 unspecified atom stereocenters. The van der Waals surface area contributed by atoms with Gasteiger partial charge in [-0.25, -0.2) is 4.98 Å². The summed E-state index contributed by atoms with van der Waals surface area (Å²) in [5.74, 6) is 0.631. The van der Waals surface area contributed by atoms with Crippen LogP contribution in [-0.2, 0) is 12.8 Å². The Hall–Kier alpha value is -1.01. The topological polar surface area (TPSA) is 34.9 Å². The number of aromatic nitrogens is 2. The van der Waals surface area contributed by atoms with E-state index in [4.69, 9.17) is 23.2 Å². The summed E-state index contributed by atoms with van der Waals surface area (Å²) in [7, 11) is 1.74. The molecular weight excluding hydrogens is 359 g/mol. The second-order valence-corrected chi connectivity index (χ2v) is 7.88. The average Bonchev–Trinajstić information content (AvgIpc) is 2.83. The highest BCUT2D eigenvalue weighted by Crippen LogP contribution is 2.29. The molecule has 3 nitrogen and oxygen atoms in total. The minimum atomic E-state index is -0.0148. The van der Waals surface area contributed by atoms with Crippen molar-refractivity contribution in [1.29, 1.82) is 0 Å². The molecule has 114 valence electrons. The zero-order valence-corrected chi connectivity index (χ0v) is 15.0. The van der Waals surface area contributed by atoms with Crippen LogP contribution in [-0.4, -0.2) is 9.55 Å². The van der Waals surface area contributed by atoms with Gasteiger partial charge in [-0.05, 0) is 30.7 Å². The van der Waals surface area contributed by atoms with Crippen molar-refractivity contribution in [2.45, 2.75) is 17.8 Å². The zero-order valence-electron chi connectivity index (χ0n) is 11.9. The normalized spacial score (nSPS) is 11.3. The Kier molecular flexibility index (Phi) is 4.50. The van der Waals surface area contributed by atoms with Crippen molar-refractivity contribution in [3.8, 4) is 0 Å². The number of thioether (sulfide) groups is 1. The third-order valence-corrected chi connectivity index (χ3v) is 5.84. The summed E-state index contributed by atoms with van der Waals surface area (Å²) in [6.07, 6.45) is 0. The maximum absolute atomic E-state index is 12.4. The summed E-state index contributed by atoms with van der Waals surface area (Å²) in [5, 5.41) is 2.60. The minimum absolute atomic E-state index is 0.0148. The molecular formula is C15H12Cl2N2OS2. The molecule has 0 radical (unpaired) electrons. The Bertz CT molecular complexity index is 918. The summed E-state index contributed by atoms with van der Waals surface area (Å²) >= 11 is 15.1. The van der Waals surface area contributed by atoms with Gasteiger partial charge in [0.25, 0.3) is 5.56 Å². The molecule has 0 spiro atoms. The van der Waals surface area contributed by atoms with E-state index in [-0.39, 0.29) is 5.56 Å². The maximum Gasteiger partial charge on any atom is 0.262 e. The van der Waals surface area contributed by atoms with Crippen LogP contribution in [0.2, 0.25) is 10.0 Å². The van der Waals surface area contributed by atoms with Crippen molar-refractivity contribution in [2.24, 2.45) is 7.05 Å². The fraction of sp³-hybridized carbons (Fsp3) is 0.200. The van der Waals surface area contributed by atoms with E-state index in [0.717, 1.165) is 15.3 Å². The third kappa shape index (κ3) is 3.04. The number of aryl methyl sites for hydroxylation is 1. The first kappa shape index (κ1) is 15.9. The Balaban J connectivity index is 1.93. The van der Waals surface area contributed by atoms with Crippen molar-refractivity contribution in [1.82, 2.24) is 9.55 Å². The van der Waals surface area contributed by atoms with Gasteiger partial charge in [-0.1, -0.05) is 41.0 Å². The van der Waals surface area contributed by atoms with Crippen LogP contribution in [0.25, 0.3) is 10.2 Å². The van der Waals surface area contributed by atoms with Crippen LogP contribution >= 0.6 is 46.3 Å². The molecule has 0 fully saturated rings. The number of rotatable bonds is 3. The summed E-state index contributed by atoms with van der Waals surface area (Å²) in [6.45, 7) is 1.98. The maximum atomic E-state index is 12.4. The van der Waals surface area contributed by atoms with Crippen LogP contribution in [0.4, 0.5) is 0 Å². The molecule has 0 aliphatic heterocycles. The van der Waals surface area contributed by atoms with E-state index in [0.29, 0.717) is 26.3 Å². The first-order valence-electron chi connectivity index (χ1n) is 6.49. The second-order valence-electron chi connectivity index (χ2n) is 4.86. The predicted octanol–water partition coefficient (Wildman–Crippen LogP) is 4.90. The monoisotopic (exact) mass is 370 g/mol. The molecule has 2 heterocycles. The minimum Gasteiger partial charge on any atom is -0.290 e. The summed E-state index contributed by atoms with van der Waals surface area (Å²) < 4.78 is 1.59. The van der Waals surface area contributed by atoms with E-state index in [1.54, 1.807) is 17.7 Å². The molecule has 0 aliphatic carbocycles. The van der Waals surface area contributed by atoms with Gasteiger partial charge in [0.2, 0.25) is 0 Å². The predicted molar refractivity (Wildman–Crippen MR) is 95.6 cm³/mol.